The topological polar surface area (TPSA) is 51.0 Å². The van der Waals surface area contributed by atoms with Crippen molar-refractivity contribution in [3.8, 4) is 0 Å². The number of fused-ring (bicyclic) bond motifs is 1. The van der Waals surface area contributed by atoms with Gasteiger partial charge in [-0.1, -0.05) is 0 Å². The van der Waals surface area contributed by atoms with Gasteiger partial charge in [-0.2, -0.15) is 18.3 Å². The molecule has 2 aromatic rings. The average molecular weight is 368 g/mol. The molecule has 8 heteroatoms. The molecule has 1 saturated carbocycles. The summed E-state index contributed by atoms with van der Waals surface area (Å²) >= 11 is 0. The van der Waals surface area contributed by atoms with E-state index < -0.39 is 24.7 Å². The second kappa shape index (κ2) is 6.55. The lowest BCUT2D eigenvalue weighted by atomic mass is 10.1. The van der Waals surface area contributed by atoms with Crippen molar-refractivity contribution in [3.63, 3.8) is 0 Å². The number of carbonyl (C=O) groups excluding carboxylic acids is 1. The molecule has 0 bridgehead atoms. The van der Waals surface area contributed by atoms with Crippen LogP contribution in [0.1, 0.15) is 55.7 Å². The lowest BCUT2D eigenvalue weighted by molar-refractivity contribution is -0.144. The van der Waals surface area contributed by atoms with E-state index >= 15 is 0 Å². The highest BCUT2D eigenvalue weighted by Gasteiger charge is 2.41. The molecule has 1 aliphatic carbocycles. The minimum atomic E-state index is -4.44. The Bertz CT molecular complexity index is 824. The summed E-state index contributed by atoms with van der Waals surface area (Å²) in [7, 11) is 0. The molecule has 0 spiro atoms. The van der Waals surface area contributed by atoms with Crippen LogP contribution in [-0.2, 0) is 0 Å². The number of halogens is 3. The van der Waals surface area contributed by atoms with Crippen molar-refractivity contribution in [2.75, 3.05) is 6.54 Å². The molecular formula is C18H23F3N4O. The summed E-state index contributed by atoms with van der Waals surface area (Å²) in [5, 5.41) is 4.76. The first-order valence-corrected chi connectivity index (χ1v) is 8.81. The van der Waals surface area contributed by atoms with Gasteiger partial charge in [-0.05, 0) is 52.5 Å². The van der Waals surface area contributed by atoms with E-state index in [0.717, 1.165) is 17.7 Å². The zero-order chi connectivity index (χ0) is 19.2. The van der Waals surface area contributed by atoms with Crippen LogP contribution < -0.4 is 0 Å². The Labute approximate surface area is 150 Å². The smallest absolute Gasteiger partial charge is 0.327 e. The molecule has 2 heterocycles. The van der Waals surface area contributed by atoms with E-state index in [1.54, 1.807) is 24.6 Å². The van der Waals surface area contributed by atoms with Crippen LogP contribution in [-0.4, -0.2) is 44.3 Å². The van der Waals surface area contributed by atoms with Gasteiger partial charge in [0.25, 0.3) is 5.91 Å². The van der Waals surface area contributed by atoms with Gasteiger partial charge >= 0.3 is 6.18 Å². The predicted octanol–water partition coefficient (Wildman–Crippen LogP) is 4.12. The third-order valence-corrected chi connectivity index (χ3v) is 4.82. The number of hydrogen-bond donors (Lipinski definition) is 0. The van der Waals surface area contributed by atoms with Crippen LogP contribution >= 0.6 is 0 Å². The molecule has 1 amide bonds. The first kappa shape index (κ1) is 18.7. The van der Waals surface area contributed by atoms with Gasteiger partial charge < -0.3 is 4.90 Å². The standard InChI is InChI=1S/C18H23F3N4O/c1-10(2)25-16-15(8-22-25)14(7-11(3)23-16)17(26)24(9-18(19,20)21)12(4)13-5-6-13/h7-8,10,12-13H,5-6,9H2,1-4H3/t12-/m1/s1. The van der Waals surface area contributed by atoms with Gasteiger partial charge in [-0.15, -0.1) is 0 Å². The summed E-state index contributed by atoms with van der Waals surface area (Å²) < 4.78 is 41.0. The Morgan fingerprint density at radius 3 is 2.54 bits per heavy atom. The Hall–Kier alpha value is -2.12. The van der Waals surface area contributed by atoms with Crippen LogP contribution in [0.2, 0.25) is 0 Å². The number of alkyl halides is 3. The third kappa shape index (κ3) is 3.68. The predicted molar refractivity (Wildman–Crippen MR) is 91.9 cm³/mol. The fraction of sp³-hybridized carbons (Fsp3) is 0.611. The molecule has 0 saturated heterocycles. The number of carbonyl (C=O) groups is 1. The van der Waals surface area contributed by atoms with Crippen molar-refractivity contribution in [1.82, 2.24) is 19.7 Å². The molecule has 0 radical (unpaired) electrons. The van der Waals surface area contributed by atoms with E-state index in [4.69, 9.17) is 0 Å². The lowest BCUT2D eigenvalue weighted by Gasteiger charge is -2.30. The van der Waals surface area contributed by atoms with Crippen molar-refractivity contribution in [3.05, 3.63) is 23.5 Å². The number of rotatable bonds is 5. The summed E-state index contributed by atoms with van der Waals surface area (Å²) in [6, 6.07) is 1.13. The zero-order valence-corrected chi connectivity index (χ0v) is 15.3. The van der Waals surface area contributed by atoms with Crippen molar-refractivity contribution in [1.29, 1.82) is 0 Å². The number of aryl methyl sites for hydroxylation is 1. The van der Waals surface area contributed by atoms with Crippen LogP contribution in [0.3, 0.4) is 0 Å². The van der Waals surface area contributed by atoms with Crippen LogP contribution in [0.15, 0.2) is 12.3 Å². The van der Waals surface area contributed by atoms with Crippen molar-refractivity contribution in [2.24, 2.45) is 5.92 Å². The molecule has 1 aliphatic rings. The first-order chi connectivity index (χ1) is 12.1. The summed E-state index contributed by atoms with van der Waals surface area (Å²) in [6.45, 7) is 6.05. The maximum absolute atomic E-state index is 13.1. The van der Waals surface area contributed by atoms with Crippen molar-refractivity contribution < 1.29 is 18.0 Å². The van der Waals surface area contributed by atoms with E-state index in [0.29, 0.717) is 16.7 Å². The molecule has 5 nitrogen and oxygen atoms in total. The summed E-state index contributed by atoms with van der Waals surface area (Å²) in [6.07, 6.45) is -1.21. The second-order valence-corrected chi connectivity index (χ2v) is 7.36. The minimum Gasteiger partial charge on any atom is -0.327 e. The van der Waals surface area contributed by atoms with Gasteiger partial charge in [0.05, 0.1) is 17.1 Å². The largest absolute Gasteiger partial charge is 0.406 e. The number of amides is 1. The van der Waals surface area contributed by atoms with Crippen LogP contribution in [0.25, 0.3) is 11.0 Å². The zero-order valence-electron chi connectivity index (χ0n) is 15.3. The van der Waals surface area contributed by atoms with Crippen molar-refractivity contribution in [2.45, 2.75) is 58.8 Å². The van der Waals surface area contributed by atoms with E-state index in [1.165, 1.54) is 6.20 Å². The summed E-state index contributed by atoms with van der Waals surface area (Å²) in [5.74, 6) is -0.473. The van der Waals surface area contributed by atoms with Gasteiger partial charge in [0.2, 0.25) is 0 Å². The average Bonchev–Trinajstić information content (AvgIpc) is 3.29. The molecule has 0 aliphatic heterocycles. The van der Waals surface area contributed by atoms with Gasteiger partial charge in [-0.3, -0.25) is 4.79 Å². The fourth-order valence-corrected chi connectivity index (χ4v) is 3.28. The first-order valence-electron chi connectivity index (χ1n) is 8.81. The number of aromatic nitrogens is 3. The van der Waals surface area contributed by atoms with Gasteiger partial charge in [0.15, 0.2) is 5.65 Å². The third-order valence-electron chi connectivity index (χ3n) is 4.82. The van der Waals surface area contributed by atoms with Crippen LogP contribution in [0.4, 0.5) is 13.2 Å². The van der Waals surface area contributed by atoms with Gasteiger partial charge in [-0.25, -0.2) is 9.67 Å². The van der Waals surface area contributed by atoms with Crippen LogP contribution in [0, 0.1) is 12.8 Å². The van der Waals surface area contributed by atoms with Crippen LogP contribution in [0.5, 0.6) is 0 Å². The van der Waals surface area contributed by atoms with E-state index in [-0.39, 0.29) is 17.5 Å². The highest BCUT2D eigenvalue weighted by molar-refractivity contribution is 6.05. The van der Waals surface area contributed by atoms with Gasteiger partial charge in [0, 0.05) is 17.8 Å². The molecule has 1 fully saturated rings. The van der Waals surface area contributed by atoms with E-state index in [9.17, 15) is 18.0 Å². The molecule has 0 unspecified atom stereocenters. The Kier molecular flexibility index (Phi) is 4.71. The van der Waals surface area contributed by atoms with Crippen molar-refractivity contribution >= 4 is 16.9 Å². The van der Waals surface area contributed by atoms with E-state index in [2.05, 4.69) is 10.1 Å². The second-order valence-electron chi connectivity index (χ2n) is 7.36. The molecule has 142 valence electrons. The molecule has 1 atom stereocenters. The quantitative estimate of drug-likeness (QED) is 0.798. The SMILES string of the molecule is Cc1cc(C(=O)N(CC(F)(F)F)[C@H](C)C2CC2)c2cnn(C(C)C)c2n1. The summed E-state index contributed by atoms with van der Waals surface area (Å²) in [5.41, 5.74) is 1.33. The lowest BCUT2D eigenvalue weighted by Crippen LogP contribution is -2.45. The fourth-order valence-electron chi connectivity index (χ4n) is 3.28. The maximum Gasteiger partial charge on any atom is 0.406 e. The Balaban J connectivity index is 2.06. The Morgan fingerprint density at radius 1 is 1.35 bits per heavy atom. The Morgan fingerprint density at radius 2 is 2.00 bits per heavy atom. The molecule has 26 heavy (non-hydrogen) atoms. The highest BCUT2D eigenvalue weighted by Crippen LogP contribution is 2.37. The maximum atomic E-state index is 13.1. The van der Waals surface area contributed by atoms with Gasteiger partial charge in [0.1, 0.15) is 6.54 Å². The minimum absolute atomic E-state index is 0.0291. The summed E-state index contributed by atoms with van der Waals surface area (Å²) in [4.78, 5) is 18.5. The molecule has 3 rings (SSSR count). The molecular weight excluding hydrogens is 345 g/mol. The normalized spacial score (nSPS) is 16.3. The molecule has 0 N–H and O–H groups in total. The number of nitrogens with zero attached hydrogens (tertiary/aromatic N) is 4. The molecule has 2 aromatic heterocycles. The number of hydrogen-bond acceptors (Lipinski definition) is 3. The number of pyridine rings is 1. The van der Waals surface area contributed by atoms with E-state index in [1.807, 2.05) is 13.8 Å². The monoisotopic (exact) mass is 368 g/mol. The highest BCUT2D eigenvalue weighted by atomic mass is 19.4. The molecule has 0 aromatic carbocycles.